The van der Waals surface area contributed by atoms with E-state index < -0.39 is 5.97 Å². The number of aliphatic carboxylic acids is 1. The van der Waals surface area contributed by atoms with Crippen LogP contribution in [0.15, 0.2) is 97.1 Å². The van der Waals surface area contributed by atoms with Crippen LogP contribution in [0.25, 0.3) is 22.2 Å². The quantitative estimate of drug-likeness (QED) is 0.147. The summed E-state index contributed by atoms with van der Waals surface area (Å²) in [5, 5.41) is 13.4. The fourth-order valence-electron chi connectivity index (χ4n) is 5.37. The van der Waals surface area contributed by atoms with Gasteiger partial charge in [0.25, 0.3) is 0 Å². The Kier molecular flexibility index (Phi) is 9.12. The van der Waals surface area contributed by atoms with E-state index in [1.54, 1.807) is 12.1 Å². The number of benzene rings is 4. The molecule has 4 aromatic carbocycles. The van der Waals surface area contributed by atoms with Gasteiger partial charge in [-0.3, -0.25) is 4.79 Å². The van der Waals surface area contributed by atoms with Gasteiger partial charge >= 0.3 is 5.97 Å². The molecule has 1 heterocycles. The van der Waals surface area contributed by atoms with Crippen LogP contribution in [0.1, 0.15) is 35.6 Å². The van der Waals surface area contributed by atoms with E-state index in [2.05, 4.69) is 82.7 Å². The largest absolute Gasteiger partial charge is 0.481 e. The minimum absolute atomic E-state index is 0.0896. The SMILES string of the molecule is CCOCCn1c(-c2ccccc2)c(Cc2cccc(CNc3ccc(CCC(=O)O)c(F)c3)c2)c2ccccc21. The van der Waals surface area contributed by atoms with Crippen molar-refractivity contribution in [1.29, 1.82) is 0 Å². The van der Waals surface area contributed by atoms with Gasteiger partial charge in [-0.1, -0.05) is 78.9 Å². The van der Waals surface area contributed by atoms with Crippen LogP contribution in [0.5, 0.6) is 0 Å². The maximum atomic E-state index is 14.5. The normalized spacial score (nSPS) is 11.2. The summed E-state index contributed by atoms with van der Waals surface area (Å²) in [7, 11) is 0. The lowest BCUT2D eigenvalue weighted by atomic mass is 9.97. The first-order chi connectivity index (χ1) is 20.0. The lowest BCUT2D eigenvalue weighted by Crippen LogP contribution is -2.08. The first-order valence-corrected chi connectivity index (χ1v) is 14.1. The van der Waals surface area contributed by atoms with Gasteiger partial charge in [0.2, 0.25) is 0 Å². The van der Waals surface area contributed by atoms with Gasteiger partial charge in [0.15, 0.2) is 0 Å². The van der Waals surface area contributed by atoms with Crippen molar-refractivity contribution in [3.63, 3.8) is 0 Å². The highest BCUT2D eigenvalue weighted by molar-refractivity contribution is 5.92. The summed E-state index contributed by atoms with van der Waals surface area (Å²) in [6.07, 6.45) is 0.858. The van der Waals surface area contributed by atoms with Gasteiger partial charge in [-0.15, -0.1) is 0 Å². The minimum Gasteiger partial charge on any atom is -0.481 e. The number of halogens is 1. The number of hydrogen-bond donors (Lipinski definition) is 2. The molecule has 0 aliphatic heterocycles. The van der Waals surface area contributed by atoms with E-state index in [1.165, 1.54) is 39.4 Å². The van der Waals surface area contributed by atoms with Crippen LogP contribution in [0.3, 0.4) is 0 Å². The van der Waals surface area contributed by atoms with E-state index in [0.29, 0.717) is 31.0 Å². The predicted molar refractivity (Wildman–Crippen MR) is 163 cm³/mol. The highest BCUT2D eigenvalue weighted by Crippen LogP contribution is 2.35. The van der Waals surface area contributed by atoms with Crippen LogP contribution in [-0.4, -0.2) is 28.9 Å². The smallest absolute Gasteiger partial charge is 0.303 e. The third kappa shape index (κ3) is 6.84. The molecule has 1 aromatic heterocycles. The summed E-state index contributed by atoms with van der Waals surface area (Å²) in [5.74, 6) is -1.32. The molecule has 0 saturated heterocycles. The summed E-state index contributed by atoms with van der Waals surface area (Å²) in [6, 6.07) is 32.5. The lowest BCUT2D eigenvalue weighted by Gasteiger charge is -2.14. The van der Waals surface area contributed by atoms with Crippen molar-refractivity contribution in [2.45, 2.75) is 39.3 Å². The Morgan fingerprint density at radius 2 is 1.71 bits per heavy atom. The van der Waals surface area contributed by atoms with Gasteiger partial charge in [-0.05, 0) is 59.4 Å². The van der Waals surface area contributed by atoms with Crippen molar-refractivity contribution in [3.05, 3.63) is 125 Å². The number of carbonyl (C=O) groups is 1. The molecule has 210 valence electrons. The Morgan fingerprint density at radius 1 is 0.927 bits per heavy atom. The van der Waals surface area contributed by atoms with E-state index >= 15 is 0 Å². The van der Waals surface area contributed by atoms with Crippen molar-refractivity contribution in [1.82, 2.24) is 4.57 Å². The third-order valence-corrected chi connectivity index (χ3v) is 7.32. The molecule has 0 fully saturated rings. The second kappa shape index (κ2) is 13.3. The fraction of sp³-hybridized carbons (Fsp3) is 0.229. The molecular formula is C35H35FN2O3. The van der Waals surface area contributed by atoms with Crippen LogP contribution in [0.2, 0.25) is 0 Å². The number of fused-ring (bicyclic) bond motifs is 1. The molecule has 0 unspecified atom stereocenters. The zero-order chi connectivity index (χ0) is 28.6. The van der Waals surface area contributed by atoms with Gasteiger partial charge < -0.3 is 19.7 Å². The Balaban J connectivity index is 1.40. The molecular weight excluding hydrogens is 515 g/mol. The number of para-hydroxylation sites is 1. The third-order valence-electron chi connectivity index (χ3n) is 7.32. The average Bonchev–Trinajstić information content (AvgIpc) is 3.29. The highest BCUT2D eigenvalue weighted by Gasteiger charge is 2.19. The number of carboxylic acid groups (broad SMARTS) is 1. The van der Waals surface area contributed by atoms with Gasteiger partial charge in [0, 0.05) is 49.1 Å². The van der Waals surface area contributed by atoms with Crippen molar-refractivity contribution in [3.8, 4) is 11.3 Å². The average molecular weight is 551 g/mol. The van der Waals surface area contributed by atoms with Gasteiger partial charge in [0.05, 0.1) is 12.3 Å². The topological polar surface area (TPSA) is 63.5 Å². The fourth-order valence-corrected chi connectivity index (χ4v) is 5.37. The summed E-state index contributed by atoms with van der Waals surface area (Å²) in [6.45, 7) is 4.68. The molecule has 2 N–H and O–H groups in total. The zero-order valence-corrected chi connectivity index (χ0v) is 23.3. The first-order valence-electron chi connectivity index (χ1n) is 14.1. The van der Waals surface area contributed by atoms with Gasteiger partial charge in [-0.25, -0.2) is 4.39 Å². The van der Waals surface area contributed by atoms with E-state index in [0.717, 1.165) is 18.5 Å². The number of carboxylic acids is 1. The molecule has 0 bridgehead atoms. The Bertz CT molecular complexity index is 1630. The summed E-state index contributed by atoms with van der Waals surface area (Å²) in [4.78, 5) is 10.8. The molecule has 0 atom stereocenters. The van der Waals surface area contributed by atoms with Crippen molar-refractivity contribution in [2.75, 3.05) is 18.5 Å². The Labute approximate surface area is 240 Å². The summed E-state index contributed by atoms with van der Waals surface area (Å²) in [5.41, 5.74) is 8.25. The molecule has 0 amide bonds. The highest BCUT2D eigenvalue weighted by atomic mass is 19.1. The second-order valence-corrected chi connectivity index (χ2v) is 10.1. The Hall–Kier alpha value is -4.42. The summed E-state index contributed by atoms with van der Waals surface area (Å²) >= 11 is 0. The molecule has 0 spiro atoms. The van der Waals surface area contributed by atoms with Crippen LogP contribution >= 0.6 is 0 Å². The molecule has 5 rings (SSSR count). The zero-order valence-electron chi connectivity index (χ0n) is 23.3. The van der Waals surface area contributed by atoms with Crippen molar-refractivity contribution < 1.29 is 19.0 Å². The van der Waals surface area contributed by atoms with E-state index in [9.17, 15) is 9.18 Å². The number of aromatic nitrogens is 1. The standard InChI is InChI=1S/C35H35FN2O3/c1-2-41-20-19-38-33-14-7-6-13-30(33)31(35(38)28-11-4-3-5-12-28)22-25-9-8-10-26(21-25)24-37-29-17-15-27(32(36)23-29)16-18-34(39)40/h3-15,17,21,23,37H,2,16,18-20,22,24H2,1H3,(H,39,40). The second-order valence-electron chi connectivity index (χ2n) is 10.1. The number of aryl methyl sites for hydroxylation is 1. The van der Waals surface area contributed by atoms with E-state index in [4.69, 9.17) is 9.84 Å². The molecule has 0 aliphatic carbocycles. The molecule has 5 aromatic rings. The van der Waals surface area contributed by atoms with Crippen LogP contribution in [0.4, 0.5) is 10.1 Å². The van der Waals surface area contributed by atoms with Gasteiger partial charge in [-0.2, -0.15) is 0 Å². The number of rotatable bonds is 13. The number of nitrogens with one attached hydrogen (secondary N) is 1. The van der Waals surface area contributed by atoms with E-state index in [1.807, 2.05) is 13.0 Å². The van der Waals surface area contributed by atoms with Crippen LogP contribution in [-0.2, 0) is 35.5 Å². The Morgan fingerprint density at radius 3 is 2.49 bits per heavy atom. The summed E-state index contributed by atoms with van der Waals surface area (Å²) < 4.78 is 22.6. The monoisotopic (exact) mass is 550 g/mol. The molecule has 6 heteroatoms. The molecule has 0 saturated carbocycles. The van der Waals surface area contributed by atoms with Gasteiger partial charge in [0.1, 0.15) is 5.82 Å². The number of ether oxygens (including phenoxy) is 1. The molecule has 0 aliphatic rings. The predicted octanol–water partition coefficient (Wildman–Crippen LogP) is 7.70. The maximum Gasteiger partial charge on any atom is 0.303 e. The number of hydrogen-bond acceptors (Lipinski definition) is 3. The van der Waals surface area contributed by atoms with E-state index in [-0.39, 0.29) is 18.7 Å². The number of nitrogens with zero attached hydrogens (tertiary/aromatic N) is 1. The lowest BCUT2D eigenvalue weighted by molar-refractivity contribution is -0.136. The van der Waals surface area contributed by atoms with Crippen molar-refractivity contribution >= 4 is 22.6 Å². The molecule has 5 nitrogen and oxygen atoms in total. The minimum atomic E-state index is -0.933. The molecule has 41 heavy (non-hydrogen) atoms. The van der Waals surface area contributed by atoms with Crippen LogP contribution in [0, 0.1) is 5.82 Å². The van der Waals surface area contributed by atoms with Crippen molar-refractivity contribution in [2.24, 2.45) is 0 Å². The first kappa shape index (κ1) is 28.1. The van der Waals surface area contributed by atoms with Crippen LogP contribution < -0.4 is 5.32 Å². The molecule has 0 radical (unpaired) electrons. The maximum absolute atomic E-state index is 14.5. The number of anilines is 1.